The summed E-state index contributed by atoms with van der Waals surface area (Å²) in [6.07, 6.45) is 0. The summed E-state index contributed by atoms with van der Waals surface area (Å²) in [7, 11) is -3.98. The van der Waals surface area contributed by atoms with E-state index in [2.05, 4.69) is 14.1 Å². The maximum absolute atomic E-state index is 12.3. The van der Waals surface area contributed by atoms with Crippen molar-refractivity contribution in [2.24, 2.45) is 5.14 Å². The maximum atomic E-state index is 12.3. The number of sulfonamides is 1. The molecule has 2 heterocycles. The average molecular weight is 449 g/mol. The van der Waals surface area contributed by atoms with Crippen LogP contribution in [0.5, 0.6) is 0 Å². The molecule has 154 valence electrons. The number of primary sulfonamides is 1. The van der Waals surface area contributed by atoms with Crippen molar-refractivity contribution in [3.05, 3.63) is 66.2 Å². The van der Waals surface area contributed by atoms with Crippen LogP contribution in [0.15, 0.2) is 65.6 Å². The van der Waals surface area contributed by atoms with Gasteiger partial charge in [0.2, 0.25) is 10.0 Å². The van der Waals surface area contributed by atoms with Crippen molar-refractivity contribution in [1.29, 1.82) is 0 Å². The van der Waals surface area contributed by atoms with E-state index < -0.39 is 10.0 Å². The van der Waals surface area contributed by atoms with Crippen LogP contribution in [0.2, 0.25) is 0 Å². The Morgan fingerprint density at radius 1 is 0.871 bits per heavy atom. The first-order valence-electron chi connectivity index (χ1n) is 9.28. The van der Waals surface area contributed by atoms with Crippen molar-refractivity contribution >= 4 is 55.3 Å². The number of rotatable bonds is 4. The minimum atomic E-state index is -3.98. The second kappa shape index (κ2) is 7.34. The van der Waals surface area contributed by atoms with Crippen LogP contribution in [0, 0.1) is 6.92 Å². The molecule has 0 aliphatic carbocycles. The number of nitrogens with one attached hydrogen (secondary N) is 1. The van der Waals surface area contributed by atoms with Crippen LogP contribution in [-0.2, 0) is 10.0 Å². The van der Waals surface area contributed by atoms with Crippen molar-refractivity contribution in [3.8, 4) is 11.3 Å². The molecule has 31 heavy (non-hydrogen) atoms. The highest BCUT2D eigenvalue weighted by Crippen LogP contribution is 2.34. The van der Waals surface area contributed by atoms with Gasteiger partial charge < -0.3 is 5.32 Å². The zero-order chi connectivity index (χ0) is 21.6. The standard InChI is InChI=1S/C21H16N6O2S2/c1-12-6-9-19(31(22,28)29)14(10-12)20-21(25-16-5-3-2-4-15(16)24-20)23-13-7-8-17-18(11-13)27-30-26-17/h2-11H,1H3,(H,23,25)(H2,22,28,29). The summed E-state index contributed by atoms with van der Waals surface area (Å²) in [5, 5.41) is 8.77. The zero-order valence-electron chi connectivity index (χ0n) is 16.3. The molecule has 0 spiro atoms. The van der Waals surface area contributed by atoms with E-state index in [-0.39, 0.29) is 4.90 Å². The summed E-state index contributed by atoms with van der Waals surface area (Å²) in [5.74, 6) is 0.414. The van der Waals surface area contributed by atoms with Crippen LogP contribution in [0.3, 0.4) is 0 Å². The van der Waals surface area contributed by atoms with E-state index in [4.69, 9.17) is 15.1 Å². The molecule has 0 fully saturated rings. The topological polar surface area (TPSA) is 124 Å². The summed E-state index contributed by atoms with van der Waals surface area (Å²) in [5.41, 5.74) is 5.26. The van der Waals surface area contributed by atoms with Crippen molar-refractivity contribution in [2.45, 2.75) is 11.8 Å². The highest BCUT2D eigenvalue weighted by Gasteiger charge is 2.21. The van der Waals surface area contributed by atoms with Crippen molar-refractivity contribution in [3.63, 3.8) is 0 Å². The van der Waals surface area contributed by atoms with Gasteiger partial charge in [0.15, 0.2) is 5.82 Å². The first-order chi connectivity index (χ1) is 14.9. The number of hydrogen-bond donors (Lipinski definition) is 2. The molecule has 0 aliphatic heterocycles. The SMILES string of the molecule is Cc1ccc(S(N)(=O)=O)c(-c2nc3ccccc3nc2Nc2ccc3nsnc3c2)c1. The van der Waals surface area contributed by atoms with Crippen LogP contribution in [0.1, 0.15) is 5.56 Å². The molecule has 8 nitrogen and oxygen atoms in total. The van der Waals surface area contributed by atoms with Gasteiger partial charge in [0.25, 0.3) is 0 Å². The molecule has 3 N–H and O–H groups in total. The summed E-state index contributed by atoms with van der Waals surface area (Å²) >= 11 is 1.14. The summed E-state index contributed by atoms with van der Waals surface area (Å²) in [6.45, 7) is 1.88. The van der Waals surface area contributed by atoms with Gasteiger partial charge in [-0.15, -0.1) is 0 Å². The minimum absolute atomic E-state index is 0.00937. The highest BCUT2D eigenvalue weighted by atomic mass is 32.2. The molecule has 0 saturated carbocycles. The van der Waals surface area contributed by atoms with Gasteiger partial charge in [-0.25, -0.2) is 23.5 Å². The lowest BCUT2D eigenvalue weighted by molar-refractivity contribution is 0.598. The van der Waals surface area contributed by atoms with Gasteiger partial charge in [0, 0.05) is 11.3 Å². The first-order valence-corrected chi connectivity index (χ1v) is 11.6. The Hall–Kier alpha value is -3.47. The van der Waals surface area contributed by atoms with Gasteiger partial charge >= 0.3 is 0 Å². The predicted octanol–water partition coefficient (Wildman–Crippen LogP) is 4.00. The number of aromatic nitrogens is 4. The largest absolute Gasteiger partial charge is 0.338 e. The molecule has 0 amide bonds. The van der Waals surface area contributed by atoms with E-state index in [1.165, 1.54) is 6.07 Å². The number of aryl methyl sites for hydroxylation is 1. The van der Waals surface area contributed by atoms with E-state index in [1.54, 1.807) is 12.1 Å². The minimum Gasteiger partial charge on any atom is -0.338 e. The fraction of sp³-hybridized carbons (Fsp3) is 0.0476. The second-order valence-electron chi connectivity index (χ2n) is 7.05. The predicted molar refractivity (Wildman–Crippen MR) is 122 cm³/mol. The second-order valence-corrected chi connectivity index (χ2v) is 9.11. The van der Waals surface area contributed by atoms with Crippen molar-refractivity contribution in [2.75, 3.05) is 5.32 Å². The molecule has 0 atom stereocenters. The number of benzene rings is 3. The lowest BCUT2D eigenvalue weighted by atomic mass is 10.1. The smallest absolute Gasteiger partial charge is 0.238 e. The molecule has 0 aliphatic rings. The third-order valence-corrected chi connectivity index (χ3v) is 6.31. The normalized spacial score (nSPS) is 11.8. The summed E-state index contributed by atoms with van der Waals surface area (Å²) in [6, 6.07) is 17.9. The van der Waals surface area contributed by atoms with E-state index in [0.717, 1.165) is 34.0 Å². The van der Waals surface area contributed by atoms with Crippen LogP contribution >= 0.6 is 11.7 Å². The Labute approximate surface area is 182 Å². The molecule has 10 heteroatoms. The molecule has 0 unspecified atom stereocenters. The van der Waals surface area contributed by atoms with Gasteiger partial charge in [-0.3, -0.25) is 0 Å². The Balaban J connectivity index is 1.75. The number of nitrogens with zero attached hydrogens (tertiary/aromatic N) is 4. The summed E-state index contributed by atoms with van der Waals surface area (Å²) < 4.78 is 33.1. The van der Waals surface area contributed by atoms with Crippen molar-refractivity contribution < 1.29 is 8.42 Å². The molecule has 3 aromatic carbocycles. The third-order valence-electron chi connectivity index (χ3n) is 4.78. The van der Waals surface area contributed by atoms with E-state index in [0.29, 0.717) is 28.1 Å². The van der Waals surface area contributed by atoms with Crippen LogP contribution < -0.4 is 10.5 Å². The van der Waals surface area contributed by atoms with Crippen LogP contribution in [0.4, 0.5) is 11.5 Å². The van der Waals surface area contributed by atoms with Gasteiger partial charge in [0.05, 0.1) is 27.7 Å². The zero-order valence-corrected chi connectivity index (χ0v) is 17.9. The maximum Gasteiger partial charge on any atom is 0.238 e. The van der Waals surface area contributed by atoms with Crippen molar-refractivity contribution in [1.82, 2.24) is 18.7 Å². The quantitative estimate of drug-likeness (QED) is 0.426. The molecule has 2 aromatic heterocycles. The molecule has 5 rings (SSSR count). The van der Waals surface area contributed by atoms with Crippen LogP contribution in [0.25, 0.3) is 33.3 Å². The van der Waals surface area contributed by atoms with Gasteiger partial charge in [-0.1, -0.05) is 23.8 Å². The Morgan fingerprint density at radius 3 is 2.39 bits per heavy atom. The van der Waals surface area contributed by atoms with Gasteiger partial charge in [-0.2, -0.15) is 8.75 Å². The fourth-order valence-corrected chi connectivity index (χ4v) is 4.59. The molecule has 5 aromatic rings. The van der Waals surface area contributed by atoms with E-state index in [9.17, 15) is 8.42 Å². The lowest BCUT2D eigenvalue weighted by Crippen LogP contribution is -2.14. The highest BCUT2D eigenvalue weighted by molar-refractivity contribution is 7.89. The van der Waals surface area contributed by atoms with E-state index in [1.807, 2.05) is 49.4 Å². The number of hydrogen-bond acceptors (Lipinski definition) is 8. The Morgan fingerprint density at radius 2 is 1.61 bits per heavy atom. The third kappa shape index (κ3) is 3.72. The average Bonchev–Trinajstić information content (AvgIpc) is 3.20. The fourth-order valence-electron chi connectivity index (χ4n) is 3.35. The number of fused-ring (bicyclic) bond motifs is 2. The van der Waals surface area contributed by atoms with Crippen LogP contribution in [-0.4, -0.2) is 27.1 Å². The number of para-hydroxylation sites is 2. The van der Waals surface area contributed by atoms with Gasteiger partial charge in [0.1, 0.15) is 16.7 Å². The molecular weight excluding hydrogens is 432 g/mol. The van der Waals surface area contributed by atoms with Gasteiger partial charge in [-0.05, 0) is 49.4 Å². The Kier molecular flexibility index (Phi) is 4.62. The molecular formula is C21H16N6O2S2. The number of nitrogens with two attached hydrogens (primary N) is 1. The molecule has 0 bridgehead atoms. The summed E-state index contributed by atoms with van der Waals surface area (Å²) in [4.78, 5) is 9.45. The molecule has 0 radical (unpaired) electrons. The monoisotopic (exact) mass is 448 g/mol. The Bertz CT molecular complexity index is 1560. The number of anilines is 2. The molecule has 0 saturated heterocycles. The lowest BCUT2D eigenvalue weighted by Gasteiger charge is -2.15. The first kappa shape index (κ1) is 19.5. The van der Waals surface area contributed by atoms with E-state index >= 15 is 0 Å².